The predicted octanol–water partition coefficient (Wildman–Crippen LogP) is 4.90. The molecule has 3 aromatic rings. The highest BCUT2D eigenvalue weighted by Crippen LogP contribution is 2.24. The number of aryl methyl sites for hydroxylation is 1. The summed E-state index contributed by atoms with van der Waals surface area (Å²) in [7, 11) is 0. The molecule has 1 aromatic heterocycles. The van der Waals surface area contributed by atoms with Gasteiger partial charge in [-0.05, 0) is 30.7 Å². The average molecular weight is 333 g/mol. The molecule has 5 heteroatoms. The van der Waals surface area contributed by atoms with E-state index in [0.717, 1.165) is 11.3 Å². The van der Waals surface area contributed by atoms with Crippen molar-refractivity contribution in [3.8, 4) is 0 Å². The molecule has 3 rings (SSSR count). The Kier molecular flexibility index (Phi) is 4.57. The van der Waals surface area contributed by atoms with Crippen LogP contribution in [0.25, 0.3) is 12.2 Å². The van der Waals surface area contributed by atoms with Crippen molar-refractivity contribution in [3.05, 3.63) is 99.0 Å². The molecule has 0 radical (unpaired) electrons. The molecule has 0 aliphatic rings. The largest absolute Gasteiger partial charge is 0.469 e. The van der Waals surface area contributed by atoms with Crippen molar-refractivity contribution in [1.82, 2.24) is 0 Å². The van der Waals surface area contributed by atoms with Gasteiger partial charge in [0.05, 0.1) is 11.2 Å². The van der Waals surface area contributed by atoms with E-state index in [0.29, 0.717) is 11.1 Å². The summed E-state index contributed by atoms with van der Waals surface area (Å²) in [6.07, 6.45) is 5.23. The van der Waals surface area contributed by atoms with Gasteiger partial charge in [0.25, 0.3) is 5.69 Å². The summed E-state index contributed by atoms with van der Waals surface area (Å²) in [5.74, 6) is 0.404. The Morgan fingerprint density at radius 3 is 2.48 bits per heavy atom. The number of carbonyl (C=O) groups is 1. The summed E-state index contributed by atoms with van der Waals surface area (Å²) >= 11 is 0. The Hall–Kier alpha value is -3.47. The molecule has 5 nitrogen and oxygen atoms in total. The third-order valence-electron chi connectivity index (χ3n) is 3.85. The van der Waals surface area contributed by atoms with Crippen molar-refractivity contribution in [2.24, 2.45) is 0 Å². The van der Waals surface area contributed by atoms with Crippen LogP contribution in [0.2, 0.25) is 0 Å². The highest BCUT2D eigenvalue weighted by atomic mass is 16.6. The van der Waals surface area contributed by atoms with Gasteiger partial charge in [0.15, 0.2) is 5.78 Å². The molecule has 25 heavy (non-hydrogen) atoms. The van der Waals surface area contributed by atoms with E-state index in [4.69, 9.17) is 4.42 Å². The van der Waals surface area contributed by atoms with Crippen molar-refractivity contribution in [2.75, 3.05) is 0 Å². The van der Waals surface area contributed by atoms with Crippen LogP contribution in [0.5, 0.6) is 0 Å². The van der Waals surface area contributed by atoms with Crippen LogP contribution < -0.4 is 0 Å². The standard InChI is InChI=1S/C20H15NO4/c1-14-16(11-12-25-14)9-7-15-8-10-19(21(23)24)18(13-15)20(22)17-5-3-2-4-6-17/h2-13H,1H3/b9-7+. The lowest BCUT2D eigenvalue weighted by molar-refractivity contribution is -0.385. The second-order valence-electron chi connectivity index (χ2n) is 5.49. The van der Waals surface area contributed by atoms with Gasteiger partial charge in [-0.1, -0.05) is 42.5 Å². The Bertz CT molecular complexity index is 955. The van der Waals surface area contributed by atoms with Crippen molar-refractivity contribution in [1.29, 1.82) is 0 Å². The van der Waals surface area contributed by atoms with Crippen molar-refractivity contribution in [2.45, 2.75) is 6.92 Å². The zero-order valence-electron chi connectivity index (χ0n) is 13.5. The number of hydrogen-bond acceptors (Lipinski definition) is 4. The third kappa shape index (κ3) is 3.55. The van der Waals surface area contributed by atoms with E-state index in [9.17, 15) is 14.9 Å². The van der Waals surface area contributed by atoms with Gasteiger partial charge in [-0.2, -0.15) is 0 Å². The molecule has 0 saturated heterocycles. The molecule has 0 aliphatic heterocycles. The molecule has 0 unspecified atom stereocenters. The fraction of sp³-hybridized carbons (Fsp3) is 0.0500. The fourth-order valence-corrected chi connectivity index (χ4v) is 2.50. The summed E-state index contributed by atoms with van der Waals surface area (Å²) in [5.41, 5.74) is 1.89. The first-order valence-electron chi connectivity index (χ1n) is 7.66. The predicted molar refractivity (Wildman–Crippen MR) is 95.3 cm³/mol. The monoisotopic (exact) mass is 333 g/mol. The Morgan fingerprint density at radius 2 is 1.84 bits per heavy atom. The second-order valence-corrected chi connectivity index (χ2v) is 5.49. The average Bonchev–Trinajstić information content (AvgIpc) is 3.04. The number of rotatable bonds is 5. The Morgan fingerprint density at radius 1 is 1.08 bits per heavy atom. The summed E-state index contributed by atoms with van der Waals surface area (Å²) in [4.78, 5) is 23.4. The lowest BCUT2D eigenvalue weighted by Crippen LogP contribution is -2.05. The van der Waals surface area contributed by atoms with Gasteiger partial charge in [-0.15, -0.1) is 0 Å². The van der Waals surface area contributed by atoms with E-state index in [-0.39, 0.29) is 17.0 Å². The molecule has 1 heterocycles. The number of nitro groups is 1. The Labute approximate surface area is 144 Å². The van der Waals surface area contributed by atoms with Gasteiger partial charge >= 0.3 is 0 Å². The smallest absolute Gasteiger partial charge is 0.280 e. The minimum Gasteiger partial charge on any atom is -0.469 e. The molecular formula is C20H15NO4. The van der Waals surface area contributed by atoms with Gasteiger partial charge in [0.1, 0.15) is 11.3 Å². The minimum atomic E-state index is -0.538. The Balaban J connectivity index is 2.01. The van der Waals surface area contributed by atoms with Gasteiger partial charge < -0.3 is 4.42 Å². The number of ketones is 1. The SMILES string of the molecule is Cc1occc1/C=C/c1ccc([N+](=O)[O-])c(C(=O)c2ccccc2)c1. The molecule has 0 fully saturated rings. The molecule has 0 amide bonds. The first kappa shape index (κ1) is 16.4. The molecule has 0 bridgehead atoms. The second kappa shape index (κ2) is 6.97. The lowest BCUT2D eigenvalue weighted by atomic mass is 9.99. The van der Waals surface area contributed by atoms with Crippen LogP contribution in [-0.4, -0.2) is 10.7 Å². The van der Waals surface area contributed by atoms with Gasteiger partial charge in [-0.25, -0.2) is 0 Å². The van der Waals surface area contributed by atoms with E-state index >= 15 is 0 Å². The molecule has 0 aliphatic carbocycles. The first-order chi connectivity index (χ1) is 12.1. The highest BCUT2D eigenvalue weighted by Gasteiger charge is 2.21. The highest BCUT2D eigenvalue weighted by molar-refractivity contribution is 6.11. The van der Waals surface area contributed by atoms with E-state index in [1.54, 1.807) is 54.8 Å². The molecule has 0 spiro atoms. The molecule has 0 N–H and O–H groups in total. The molecular weight excluding hydrogens is 318 g/mol. The zero-order valence-corrected chi connectivity index (χ0v) is 13.5. The van der Waals surface area contributed by atoms with Crippen molar-refractivity contribution in [3.63, 3.8) is 0 Å². The molecule has 2 aromatic carbocycles. The van der Waals surface area contributed by atoms with Crippen molar-refractivity contribution >= 4 is 23.6 Å². The molecule has 0 saturated carbocycles. The number of furan rings is 1. The van der Waals surface area contributed by atoms with E-state index in [1.807, 2.05) is 19.1 Å². The first-order valence-corrected chi connectivity index (χ1v) is 7.66. The van der Waals surface area contributed by atoms with Crippen LogP contribution in [0.1, 0.15) is 32.8 Å². The number of hydrogen-bond donors (Lipinski definition) is 0. The zero-order chi connectivity index (χ0) is 17.8. The summed E-state index contributed by atoms with van der Waals surface area (Å²) in [6.45, 7) is 1.85. The summed E-state index contributed by atoms with van der Waals surface area (Å²) in [5, 5.41) is 11.3. The minimum absolute atomic E-state index is 0.0715. The topological polar surface area (TPSA) is 73.3 Å². The van der Waals surface area contributed by atoms with E-state index in [1.165, 1.54) is 6.07 Å². The van der Waals surface area contributed by atoms with Gasteiger partial charge in [-0.3, -0.25) is 14.9 Å². The van der Waals surface area contributed by atoms with Crippen LogP contribution >= 0.6 is 0 Å². The number of carbonyl (C=O) groups excluding carboxylic acids is 1. The quantitative estimate of drug-likeness (QED) is 0.378. The van der Waals surface area contributed by atoms with Gasteiger partial charge in [0, 0.05) is 17.2 Å². The normalized spacial score (nSPS) is 10.9. The maximum atomic E-state index is 12.7. The molecule has 0 atom stereocenters. The fourth-order valence-electron chi connectivity index (χ4n) is 2.50. The molecule has 124 valence electrons. The summed E-state index contributed by atoms with van der Waals surface area (Å²) in [6, 6.07) is 14.9. The van der Waals surface area contributed by atoms with Crippen molar-refractivity contribution < 1.29 is 14.1 Å². The van der Waals surface area contributed by atoms with E-state index < -0.39 is 4.92 Å². The lowest BCUT2D eigenvalue weighted by Gasteiger charge is -2.04. The van der Waals surface area contributed by atoms with Gasteiger partial charge in [0.2, 0.25) is 0 Å². The summed E-state index contributed by atoms with van der Waals surface area (Å²) < 4.78 is 5.23. The van der Waals surface area contributed by atoms with Crippen LogP contribution in [0.3, 0.4) is 0 Å². The third-order valence-corrected chi connectivity index (χ3v) is 3.85. The number of benzene rings is 2. The maximum Gasteiger partial charge on any atom is 0.280 e. The number of nitro benzene ring substituents is 1. The van der Waals surface area contributed by atoms with Crippen LogP contribution in [0.4, 0.5) is 5.69 Å². The van der Waals surface area contributed by atoms with Crippen LogP contribution in [0, 0.1) is 17.0 Å². The van der Waals surface area contributed by atoms with Crippen LogP contribution in [-0.2, 0) is 0 Å². The number of nitrogens with zero attached hydrogens (tertiary/aromatic N) is 1. The maximum absolute atomic E-state index is 12.7. The van der Waals surface area contributed by atoms with Crippen LogP contribution in [0.15, 0.2) is 65.3 Å². The van der Waals surface area contributed by atoms with E-state index in [2.05, 4.69) is 0 Å².